The smallest absolute Gasteiger partial charge is 0.404 e. The Balaban J connectivity index is 1.45. The summed E-state index contributed by atoms with van der Waals surface area (Å²) in [4.78, 5) is 28.3. The number of nitrogens with one attached hydrogen (secondary N) is 2. The molecule has 11 heteroatoms. The summed E-state index contributed by atoms with van der Waals surface area (Å²) >= 11 is 0. The van der Waals surface area contributed by atoms with Crippen LogP contribution < -0.4 is 25.8 Å². The Bertz CT molecular complexity index is 1520. The zero-order valence-corrected chi connectivity index (χ0v) is 25.3. The highest BCUT2D eigenvalue weighted by Gasteiger charge is 2.28. The van der Waals surface area contributed by atoms with Crippen molar-refractivity contribution in [2.45, 2.75) is 53.1 Å². The second-order valence-electron chi connectivity index (χ2n) is 12.1. The monoisotopic (exact) mass is 586 g/mol. The third kappa shape index (κ3) is 8.71. The SMILES string of the molecule is CC(C)(C)c1cc(NC(=O)Nc2ccc(Oc3ccncc3)cc2)n(-c2ccc(OCC(OC(N)=O)C(C)(C)C)cc2)n1. The van der Waals surface area contributed by atoms with E-state index in [0.717, 1.165) is 11.4 Å². The molecule has 0 saturated carbocycles. The van der Waals surface area contributed by atoms with Crippen molar-refractivity contribution in [1.82, 2.24) is 14.8 Å². The van der Waals surface area contributed by atoms with Crippen LogP contribution in [0.4, 0.5) is 21.1 Å². The number of ether oxygens (including phenoxy) is 3. The van der Waals surface area contributed by atoms with Gasteiger partial charge in [-0.3, -0.25) is 10.3 Å². The first kappa shape index (κ1) is 30.9. The number of aromatic nitrogens is 3. The molecule has 1 unspecified atom stereocenters. The number of rotatable bonds is 9. The number of benzene rings is 2. The summed E-state index contributed by atoms with van der Waals surface area (Å²) < 4.78 is 18.6. The van der Waals surface area contributed by atoms with Gasteiger partial charge in [0.05, 0.1) is 11.4 Å². The molecule has 3 amide bonds. The van der Waals surface area contributed by atoms with Crippen LogP contribution in [0.5, 0.6) is 17.2 Å². The van der Waals surface area contributed by atoms with E-state index >= 15 is 0 Å². The normalized spacial score (nSPS) is 12.2. The molecule has 0 saturated heterocycles. The highest BCUT2D eigenvalue weighted by Crippen LogP contribution is 2.28. The summed E-state index contributed by atoms with van der Waals surface area (Å²) in [5.74, 6) is 2.38. The van der Waals surface area contributed by atoms with Crippen molar-refractivity contribution in [2.24, 2.45) is 11.1 Å². The Morgan fingerprint density at radius 3 is 2.05 bits per heavy atom. The largest absolute Gasteiger partial charge is 0.490 e. The summed E-state index contributed by atoms with van der Waals surface area (Å²) in [5.41, 5.74) is 6.74. The molecular weight excluding hydrogens is 548 g/mol. The molecular formula is C32H38N6O5. The van der Waals surface area contributed by atoms with E-state index in [9.17, 15) is 9.59 Å². The molecule has 4 N–H and O–H groups in total. The summed E-state index contributed by atoms with van der Waals surface area (Å²) in [6, 6.07) is 19.2. The van der Waals surface area contributed by atoms with Crippen LogP contribution in [-0.2, 0) is 10.2 Å². The number of hydrogen-bond acceptors (Lipinski definition) is 7. The number of carbonyl (C=O) groups excluding carboxylic acids is 2. The van der Waals surface area contributed by atoms with Crippen LogP contribution >= 0.6 is 0 Å². The molecule has 0 fully saturated rings. The first-order valence-corrected chi connectivity index (χ1v) is 13.8. The second-order valence-corrected chi connectivity index (χ2v) is 12.1. The third-order valence-electron chi connectivity index (χ3n) is 6.42. The number of anilines is 2. The Kier molecular flexibility index (Phi) is 9.23. The van der Waals surface area contributed by atoms with Crippen molar-refractivity contribution < 1.29 is 23.8 Å². The summed E-state index contributed by atoms with van der Waals surface area (Å²) in [6.07, 6.45) is 1.94. The van der Waals surface area contributed by atoms with E-state index in [1.807, 2.05) is 39.0 Å². The Morgan fingerprint density at radius 1 is 0.860 bits per heavy atom. The molecule has 0 aliphatic heterocycles. The van der Waals surface area contributed by atoms with E-state index in [1.54, 1.807) is 65.6 Å². The first-order chi connectivity index (χ1) is 20.3. The average molecular weight is 587 g/mol. The number of nitrogens with two attached hydrogens (primary N) is 1. The van der Waals surface area contributed by atoms with Crippen LogP contribution in [-0.4, -0.2) is 39.6 Å². The van der Waals surface area contributed by atoms with Gasteiger partial charge in [-0.15, -0.1) is 0 Å². The van der Waals surface area contributed by atoms with Gasteiger partial charge in [0.15, 0.2) is 0 Å². The highest BCUT2D eigenvalue weighted by molar-refractivity contribution is 5.99. The number of urea groups is 1. The maximum Gasteiger partial charge on any atom is 0.404 e. The topological polar surface area (TPSA) is 143 Å². The summed E-state index contributed by atoms with van der Waals surface area (Å²) in [6.45, 7) is 12.1. The molecule has 0 bridgehead atoms. The van der Waals surface area contributed by atoms with Crippen LogP contribution in [0, 0.1) is 5.41 Å². The number of primary amides is 1. The Morgan fingerprint density at radius 2 is 1.47 bits per heavy atom. The molecule has 11 nitrogen and oxygen atoms in total. The van der Waals surface area contributed by atoms with Crippen molar-refractivity contribution in [3.05, 3.63) is 84.8 Å². The van der Waals surface area contributed by atoms with Gasteiger partial charge in [0, 0.05) is 35.0 Å². The molecule has 226 valence electrons. The van der Waals surface area contributed by atoms with Gasteiger partial charge >= 0.3 is 12.1 Å². The number of carbonyl (C=O) groups is 2. The zero-order valence-electron chi connectivity index (χ0n) is 25.3. The van der Waals surface area contributed by atoms with Gasteiger partial charge in [0.1, 0.15) is 35.8 Å². The van der Waals surface area contributed by atoms with E-state index in [0.29, 0.717) is 28.8 Å². The number of nitrogens with zero attached hydrogens (tertiary/aromatic N) is 3. The molecule has 0 aliphatic carbocycles. The molecule has 43 heavy (non-hydrogen) atoms. The summed E-state index contributed by atoms with van der Waals surface area (Å²) in [5, 5.41) is 10.5. The van der Waals surface area contributed by atoms with Crippen molar-refractivity contribution in [1.29, 1.82) is 0 Å². The second kappa shape index (κ2) is 12.8. The van der Waals surface area contributed by atoms with Crippen molar-refractivity contribution >= 4 is 23.6 Å². The van der Waals surface area contributed by atoms with Gasteiger partial charge < -0.3 is 25.3 Å². The predicted molar refractivity (Wildman–Crippen MR) is 165 cm³/mol. The molecule has 2 aromatic carbocycles. The van der Waals surface area contributed by atoms with Gasteiger partial charge in [-0.1, -0.05) is 41.5 Å². The van der Waals surface area contributed by atoms with Gasteiger partial charge in [-0.2, -0.15) is 5.10 Å². The van der Waals surface area contributed by atoms with Crippen LogP contribution in [0.1, 0.15) is 47.2 Å². The minimum absolute atomic E-state index is 0.144. The van der Waals surface area contributed by atoms with Crippen LogP contribution in [0.3, 0.4) is 0 Å². The average Bonchev–Trinajstić information content (AvgIpc) is 3.36. The van der Waals surface area contributed by atoms with E-state index < -0.39 is 18.2 Å². The molecule has 2 aromatic heterocycles. The maximum atomic E-state index is 13.0. The van der Waals surface area contributed by atoms with Gasteiger partial charge in [0.25, 0.3) is 0 Å². The van der Waals surface area contributed by atoms with E-state index in [1.165, 1.54) is 0 Å². The molecule has 4 rings (SSSR count). The van der Waals surface area contributed by atoms with Crippen LogP contribution in [0.2, 0.25) is 0 Å². The van der Waals surface area contributed by atoms with Crippen molar-refractivity contribution in [3.8, 4) is 22.9 Å². The fraction of sp³-hybridized carbons (Fsp3) is 0.312. The van der Waals surface area contributed by atoms with Gasteiger partial charge in [-0.05, 0) is 60.7 Å². The molecule has 1 atom stereocenters. The third-order valence-corrected chi connectivity index (χ3v) is 6.42. The number of amides is 3. The molecule has 0 radical (unpaired) electrons. The Labute approximate surface area is 251 Å². The quantitative estimate of drug-likeness (QED) is 0.194. The maximum absolute atomic E-state index is 13.0. The zero-order chi connectivity index (χ0) is 31.2. The lowest BCUT2D eigenvalue weighted by Crippen LogP contribution is -2.38. The minimum atomic E-state index is -0.844. The van der Waals surface area contributed by atoms with E-state index in [-0.39, 0.29) is 17.4 Å². The molecule has 0 spiro atoms. The van der Waals surface area contributed by atoms with Crippen molar-refractivity contribution in [2.75, 3.05) is 17.2 Å². The molecule has 2 heterocycles. The molecule has 0 aliphatic rings. The summed E-state index contributed by atoms with van der Waals surface area (Å²) in [7, 11) is 0. The predicted octanol–water partition coefficient (Wildman–Crippen LogP) is 6.89. The highest BCUT2D eigenvalue weighted by atomic mass is 16.6. The number of hydrogen-bond donors (Lipinski definition) is 3. The fourth-order valence-corrected chi connectivity index (χ4v) is 3.92. The lowest BCUT2D eigenvalue weighted by atomic mass is 9.89. The first-order valence-electron chi connectivity index (χ1n) is 13.8. The standard InChI is InChI=1S/C32H38N6O5/c1-31(2,3)26-19-28(36-30(40)35-21-7-11-24(12-8-21)42-25-15-17-34-18-16-25)38(37-26)22-9-13-23(14-10-22)41-20-27(32(4,5)6)43-29(33)39/h7-19,27H,20H2,1-6H3,(H2,33,39)(H2,35,36,40). The van der Waals surface area contributed by atoms with E-state index in [4.69, 9.17) is 25.0 Å². The van der Waals surface area contributed by atoms with E-state index in [2.05, 4.69) is 36.4 Å². The van der Waals surface area contributed by atoms with Crippen LogP contribution in [0.15, 0.2) is 79.1 Å². The number of pyridine rings is 1. The molecule has 4 aromatic rings. The van der Waals surface area contributed by atoms with Gasteiger partial charge in [-0.25, -0.2) is 14.3 Å². The van der Waals surface area contributed by atoms with Crippen LogP contribution in [0.25, 0.3) is 5.69 Å². The van der Waals surface area contributed by atoms with Gasteiger partial charge in [0.2, 0.25) is 0 Å². The minimum Gasteiger partial charge on any atom is -0.490 e. The Hall–Kier alpha value is -5.06. The lowest BCUT2D eigenvalue weighted by molar-refractivity contribution is 0.00580. The van der Waals surface area contributed by atoms with Crippen molar-refractivity contribution in [3.63, 3.8) is 0 Å². The lowest BCUT2D eigenvalue weighted by Gasteiger charge is -2.29. The fourth-order valence-electron chi connectivity index (χ4n) is 3.92.